The van der Waals surface area contributed by atoms with Crippen LogP contribution in [0, 0.1) is 5.92 Å². The summed E-state index contributed by atoms with van der Waals surface area (Å²) in [5, 5.41) is 0.227. The van der Waals surface area contributed by atoms with Crippen molar-refractivity contribution in [2.24, 2.45) is 5.92 Å². The van der Waals surface area contributed by atoms with Crippen molar-refractivity contribution in [2.75, 3.05) is 13.7 Å². The minimum absolute atomic E-state index is 0.115. The molecule has 1 rings (SSSR count). The lowest BCUT2D eigenvalue weighted by Gasteiger charge is -2.37. The summed E-state index contributed by atoms with van der Waals surface area (Å²) in [6, 6.07) is 8.01. The summed E-state index contributed by atoms with van der Waals surface area (Å²) in [6.07, 6.45) is 2.88. The van der Waals surface area contributed by atoms with Gasteiger partial charge in [-0.1, -0.05) is 45.9 Å². The van der Waals surface area contributed by atoms with Crippen LogP contribution in [0.15, 0.2) is 36.9 Å². The Hall–Kier alpha value is -1.10. The summed E-state index contributed by atoms with van der Waals surface area (Å²) in [4.78, 5) is 0. The molecule has 0 saturated carbocycles. The highest BCUT2D eigenvalue weighted by Crippen LogP contribution is 2.37. The van der Waals surface area contributed by atoms with Gasteiger partial charge in [-0.3, -0.25) is 0 Å². The average molecular weight is 365 g/mol. The van der Waals surface area contributed by atoms with Crippen molar-refractivity contribution in [3.8, 4) is 5.75 Å². The van der Waals surface area contributed by atoms with Crippen LogP contribution in [0.5, 0.6) is 5.75 Å². The molecule has 0 amide bonds. The first-order valence-electron chi connectivity index (χ1n) is 9.10. The van der Waals surface area contributed by atoms with Crippen LogP contribution in [0.25, 0.3) is 0 Å². The minimum Gasteiger partial charge on any atom is -0.497 e. The number of hydrogen-bond acceptors (Lipinski definition) is 3. The Kier molecular flexibility index (Phi) is 8.38. The molecule has 0 bridgehead atoms. The molecule has 1 aromatic rings. The Bertz CT molecular complexity index is 517. The quantitative estimate of drug-likeness (QED) is 0.387. The molecule has 0 unspecified atom stereocenters. The van der Waals surface area contributed by atoms with Gasteiger partial charge in [-0.25, -0.2) is 0 Å². The lowest BCUT2D eigenvalue weighted by atomic mass is 10.0. The predicted octanol–water partition coefficient (Wildman–Crippen LogP) is 5.81. The van der Waals surface area contributed by atoms with E-state index in [0.29, 0.717) is 12.5 Å². The lowest BCUT2D eigenvalue weighted by Crippen LogP contribution is -2.42. The smallest absolute Gasteiger partial charge is 0.191 e. The van der Waals surface area contributed by atoms with Gasteiger partial charge in [0, 0.05) is 12.5 Å². The summed E-state index contributed by atoms with van der Waals surface area (Å²) in [7, 11) is -0.0529. The molecule has 142 valence electrons. The second kappa shape index (κ2) is 9.55. The van der Waals surface area contributed by atoms with E-state index in [1.54, 1.807) is 7.11 Å². The van der Waals surface area contributed by atoms with E-state index >= 15 is 0 Å². The standard InChI is InChI=1S/C21H36O3Si/c1-9-10-20(17(2)15-24-25(7,8)21(3,4)5)23-16-18-11-13-19(22-6)14-12-18/h9,11-14,17,20H,1,10,15-16H2,2-8H3/t17-,20+/m0/s1. The van der Waals surface area contributed by atoms with Crippen LogP contribution in [0.4, 0.5) is 0 Å². The van der Waals surface area contributed by atoms with Crippen LogP contribution in [-0.4, -0.2) is 28.1 Å². The second-order valence-electron chi connectivity index (χ2n) is 8.27. The first-order valence-corrected chi connectivity index (χ1v) is 12.0. The normalized spacial score (nSPS) is 14.8. The largest absolute Gasteiger partial charge is 0.497 e. The first-order chi connectivity index (χ1) is 11.6. The van der Waals surface area contributed by atoms with Gasteiger partial charge in [-0.05, 0) is 42.2 Å². The van der Waals surface area contributed by atoms with Crippen molar-refractivity contribution in [1.82, 2.24) is 0 Å². The molecule has 3 nitrogen and oxygen atoms in total. The zero-order chi connectivity index (χ0) is 19.1. The van der Waals surface area contributed by atoms with Gasteiger partial charge in [0.2, 0.25) is 0 Å². The molecular formula is C21H36O3Si. The van der Waals surface area contributed by atoms with E-state index < -0.39 is 8.32 Å². The monoisotopic (exact) mass is 364 g/mol. The van der Waals surface area contributed by atoms with Crippen LogP contribution in [0.2, 0.25) is 18.1 Å². The third-order valence-electron chi connectivity index (χ3n) is 5.17. The molecule has 0 fully saturated rings. The summed E-state index contributed by atoms with van der Waals surface area (Å²) in [5.41, 5.74) is 1.15. The maximum Gasteiger partial charge on any atom is 0.191 e. The fourth-order valence-corrected chi connectivity index (χ4v) is 3.33. The van der Waals surface area contributed by atoms with Crippen LogP contribution >= 0.6 is 0 Å². The van der Waals surface area contributed by atoms with Gasteiger partial charge in [-0.15, -0.1) is 6.58 Å². The minimum atomic E-state index is -1.73. The van der Waals surface area contributed by atoms with Gasteiger partial charge < -0.3 is 13.9 Å². The first kappa shape index (κ1) is 21.9. The highest BCUT2D eigenvalue weighted by atomic mass is 28.4. The topological polar surface area (TPSA) is 27.7 Å². The van der Waals surface area contributed by atoms with E-state index in [4.69, 9.17) is 13.9 Å². The van der Waals surface area contributed by atoms with Crippen molar-refractivity contribution >= 4 is 8.32 Å². The lowest BCUT2D eigenvalue weighted by molar-refractivity contribution is -0.00662. The number of hydrogen-bond donors (Lipinski definition) is 0. The Morgan fingerprint density at radius 2 is 1.76 bits per heavy atom. The van der Waals surface area contributed by atoms with Crippen molar-refractivity contribution in [3.63, 3.8) is 0 Å². The highest BCUT2D eigenvalue weighted by molar-refractivity contribution is 6.74. The molecule has 0 aliphatic heterocycles. The average Bonchev–Trinajstić information content (AvgIpc) is 2.56. The van der Waals surface area contributed by atoms with E-state index in [1.807, 2.05) is 30.3 Å². The Morgan fingerprint density at radius 3 is 2.24 bits per heavy atom. The number of methoxy groups -OCH3 is 1. The van der Waals surface area contributed by atoms with Gasteiger partial charge in [0.1, 0.15) is 5.75 Å². The molecule has 0 spiro atoms. The van der Waals surface area contributed by atoms with E-state index in [9.17, 15) is 0 Å². The highest BCUT2D eigenvalue weighted by Gasteiger charge is 2.37. The van der Waals surface area contributed by atoms with E-state index in [-0.39, 0.29) is 11.1 Å². The predicted molar refractivity (Wildman–Crippen MR) is 109 cm³/mol. The molecule has 0 N–H and O–H groups in total. The van der Waals surface area contributed by atoms with Crippen LogP contribution < -0.4 is 4.74 Å². The SMILES string of the molecule is C=CC[C@@H](OCc1ccc(OC)cc1)[C@@H](C)CO[Si](C)(C)C(C)(C)C. The number of ether oxygens (including phenoxy) is 2. The van der Waals surface area contributed by atoms with Crippen molar-refractivity contribution in [2.45, 2.75) is 65.0 Å². The van der Waals surface area contributed by atoms with Gasteiger partial charge >= 0.3 is 0 Å². The van der Waals surface area contributed by atoms with E-state index in [2.05, 4.69) is 47.4 Å². The van der Waals surface area contributed by atoms with Gasteiger partial charge in [0.05, 0.1) is 19.8 Å². The van der Waals surface area contributed by atoms with Crippen molar-refractivity contribution in [1.29, 1.82) is 0 Å². The molecule has 0 aliphatic rings. The molecule has 0 aromatic heterocycles. The Balaban J connectivity index is 2.60. The molecule has 0 heterocycles. The summed E-state index contributed by atoms with van der Waals surface area (Å²) in [6.45, 7) is 18.8. The third kappa shape index (κ3) is 6.96. The van der Waals surface area contributed by atoms with Crippen molar-refractivity contribution < 1.29 is 13.9 Å². The zero-order valence-electron chi connectivity index (χ0n) is 17.1. The van der Waals surface area contributed by atoms with Crippen LogP contribution in [0.1, 0.15) is 39.7 Å². The maximum absolute atomic E-state index is 6.37. The molecule has 0 radical (unpaired) electrons. The third-order valence-corrected chi connectivity index (χ3v) is 9.67. The molecular weight excluding hydrogens is 328 g/mol. The van der Waals surface area contributed by atoms with Gasteiger partial charge in [0.15, 0.2) is 8.32 Å². The van der Waals surface area contributed by atoms with Crippen LogP contribution in [0.3, 0.4) is 0 Å². The van der Waals surface area contributed by atoms with Gasteiger partial charge in [-0.2, -0.15) is 0 Å². The molecule has 25 heavy (non-hydrogen) atoms. The summed E-state index contributed by atoms with van der Waals surface area (Å²) >= 11 is 0. The summed E-state index contributed by atoms with van der Waals surface area (Å²) in [5.74, 6) is 1.19. The Labute approximate surface area is 155 Å². The molecule has 4 heteroatoms. The fourth-order valence-electron chi connectivity index (χ4n) is 2.22. The Morgan fingerprint density at radius 1 is 1.16 bits per heavy atom. The molecule has 0 aliphatic carbocycles. The maximum atomic E-state index is 6.37. The zero-order valence-corrected chi connectivity index (χ0v) is 18.1. The molecule has 0 saturated heterocycles. The molecule has 2 atom stereocenters. The fraction of sp³-hybridized carbons (Fsp3) is 0.619. The van der Waals surface area contributed by atoms with Crippen molar-refractivity contribution in [3.05, 3.63) is 42.5 Å². The molecule has 1 aromatic carbocycles. The van der Waals surface area contributed by atoms with E-state index in [1.165, 1.54) is 0 Å². The van der Waals surface area contributed by atoms with Gasteiger partial charge in [0.25, 0.3) is 0 Å². The van der Waals surface area contributed by atoms with Crippen LogP contribution in [-0.2, 0) is 15.8 Å². The number of rotatable bonds is 10. The number of benzene rings is 1. The second-order valence-corrected chi connectivity index (χ2v) is 13.1. The van der Waals surface area contributed by atoms with E-state index in [0.717, 1.165) is 24.3 Å². The summed E-state index contributed by atoms with van der Waals surface area (Å²) < 4.78 is 17.7.